The van der Waals surface area contributed by atoms with Gasteiger partial charge in [0.1, 0.15) is 5.75 Å². The maximum absolute atomic E-state index is 12.1. The Morgan fingerprint density at radius 2 is 2.00 bits per heavy atom. The zero-order valence-corrected chi connectivity index (χ0v) is 10.5. The van der Waals surface area contributed by atoms with Crippen LogP contribution in [0.15, 0.2) is 18.2 Å². The average molecular weight is 245 g/mol. The van der Waals surface area contributed by atoms with E-state index in [0.29, 0.717) is 16.9 Å². The number of hydrogen-bond donors (Lipinski definition) is 3. The van der Waals surface area contributed by atoms with Gasteiger partial charge in [-0.15, -0.1) is 0 Å². The van der Waals surface area contributed by atoms with Crippen LogP contribution in [0.5, 0.6) is 5.75 Å². The number of nitrogens with zero attached hydrogens (tertiary/aromatic N) is 1. The molecule has 0 radical (unpaired) electrons. The highest BCUT2D eigenvalue weighted by Crippen LogP contribution is 2.21. The molecule has 0 spiro atoms. The predicted octanol–water partition coefficient (Wildman–Crippen LogP) is 2.29. The number of carbonyl (C=O) groups excluding carboxylic acids is 1. The van der Waals surface area contributed by atoms with Gasteiger partial charge in [0.15, 0.2) is 5.82 Å². The van der Waals surface area contributed by atoms with Crippen LogP contribution in [0.3, 0.4) is 0 Å². The first-order chi connectivity index (χ1) is 8.50. The van der Waals surface area contributed by atoms with E-state index < -0.39 is 0 Å². The standard InChI is InChI=1S/C13H15N3O2/c1-7-9(3)15-16-12(7)14-13(18)10-5-4-6-11(17)8(10)2/h4-6,17H,1-3H3,(H2,14,15,16,18). The van der Waals surface area contributed by atoms with Gasteiger partial charge in [0.25, 0.3) is 5.91 Å². The zero-order valence-electron chi connectivity index (χ0n) is 10.5. The summed E-state index contributed by atoms with van der Waals surface area (Å²) in [6.07, 6.45) is 0. The van der Waals surface area contributed by atoms with Crippen LogP contribution < -0.4 is 5.32 Å². The van der Waals surface area contributed by atoms with E-state index in [9.17, 15) is 9.90 Å². The molecule has 94 valence electrons. The highest BCUT2D eigenvalue weighted by atomic mass is 16.3. The molecule has 0 saturated heterocycles. The number of phenols is 1. The molecule has 0 fully saturated rings. The normalized spacial score (nSPS) is 10.4. The lowest BCUT2D eigenvalue weighted by molar-refractivity contribution is 0.102. The van der Waals surface area contributed by atoms with Crippen molar-refractivity contribution in [3.63, 3.8) is 0 Å². The zero-order chi connectivity index (χ0) is 13.3. The van der Waals surface area contributed by atoms with Gasteiger partial charge in [0, 0.05) is 22.4 Å². The number of aromatic amines is 1. The number of aromatic nitrogens is 2. The monoisotopic (exact) mass is 245 g/mol. The van der Waals surface area contributed by atoms with E-state index in [-0.39, 0.29) is 11.7 Å². The number of carbonyl (C=O) groups is 1. The number of H-pyrrole nitrogens is 1. The lowest BCUT2D eigenvalue weighted by Crippen LogP contribution is -2.14. The summed E-state index contributed by atoms with van der Waals surface area (Å²) in [5, 5.41) is 19.1. The molecule has 1 heterocycles. The Bertz CT molecular complexity index is 602. The molecule has 2 rings (SSSR count). The van der Waals surface area contributed by atoms with Gasteiger partial charge >= 0.3 is 0 Å². The molecule has 0 saturated carbocycles. The largest absolute Gasteiger partial charge is 0.508 e. The fourth-order valence-electron chi connectivity index (χ4n) is 1.65. The summed E-state index contributed by atoms with van der Waals surface area (Å²) in [4.78, 5) is 12.1. The maximum Gasteiger partial charge on any atom is 0.257 e. The molecule has 0 aliphatic rings. The summed E-state index contributed by atoms with van der Waals surface area (Å²) in [5.74, 6) is 0.343. The van der Waals surface area contributed by atoms with Gasteiger partial charge < -0.3 is 10.4 Å². The number of nitrogens with one attached hydrogen (secondary N) is 2. The number of hydrogen-bond acceptors (Lipinski definition) is 3. The van der Waals surface area contributed by atoms with Gasteiger partial charge in [-0.2, -0.15) is 5.10 Å². The van der Waals surface area contributed by atoms with Gasteiger partial charge in [0.05, 0.1) is 0 Å². The second-order valence-electron chi connectivity index (χ2n) is 4.23. The lowest BCUT2D eigenvalue weighted by Gasteiger charge is -2.07. The molecule has 0 aliphatic carbocycles. The van der Waals surface area contributed by atoms with Crippen molar-refractivity contribution in [1.82, 2.24) is 10.2 Å². The minimum atomic E-state index is -0.280. The van der Waals surface area contributed by atoms with Crippen molar-refractivity contribution in [2.75, 3.05) is 5.32 Å². The number of aromatic hydroxyl groups is 1. The van der Waals surface area contributed by atoms with Crippen molar-refractivity contribution < 1.29 is 9.90 Å². The summed E-state index contributed by atoms with van der Waals surface area (Å²) in [6, 6.07) is 4.86. The van der Waals surface area contributed by atoms with E-state index in [4.69, 9.17) is 0 Å². The second kappa shape index (κ2) is 4.52. The summed E-state index contributed by atoms with van der Waals surface area (Å²) in [6.45, 7) is 5.47. The summed E-state index contributed by atoms with van der Waals surface area (Å²) in [7, 11) is 0. The number of anilines is 1. The Morgan fingerprint density at radius 1 is 1.28 bits per heavy atom. The van der Waals surface area contributed by atoms with Crippen molar-refractivity contribution in [3.8, 4) is 5.75 Å². The third kappa shape index (κ3) is 2.07. The Morgan fingerprint density at radius 3 is 2.61 bits per heavy atom. The number of benzene rings is 1. The Hall–Kier alpha value is -2.30. The molecular weight excluding hydrogens is 230 g/mol. The fourth-order valence-corrected chi connectivity index (χ4v) is 1.65. The highest BCUT2D eigenvalue weighted by molar-refractivity contribution is 6.05. The smallest absolute Gasteiger partial charge is 0.257 e. The Balaban J connectivity index is 2.28. The maximum atomic E-state index is 12.1. The summed E-state index contributed by atoms with van der Waals surface area (Å²) >= 11 is 0. The van der Waals surface area contributed by atoms with Crippen molar-refractivity contribution in [1.29, 1.82) is 0 Å². The van der Waals surface area contributed by atoms with E-state index in [0.717, 1.165) is 11.3 Å². The van der Waals surface area contributed by atoms with Crippen molar-refractivity contribution in [2.45, 2.75) is 20.8 Å². The fraction of sp³-hybridized carbons (Fsp3) is 0.231. The molecule has 1 amide bonds. The summed E-state index contributed by atoms with van der Waals surface area (Å²) in [5.41, 5.74) is 2.81. The first kappa shape index (κ1) is 12.2. The Labute approximate surface area is 105 Å². The van der Waals surface area contributed by atoms with E-state index in [1.54, 1.807) is 25.1 Å². The molecular formula is C13H15N3O2. The SMILES string of the molecule is Cc1[nH]nc(NC(=O)c2cccc(O)c2C)c1C. The molecule has 1 aromatic heterocycles. The van der Waals surface area contributed by atoms with Crippen LogP contribution in [0, 0.1) is 20.8 Å². The highest BCUT2D eigenvalue weighted by Gasteiger charge is 2.14. The topological polar surface area (TPSA) is 78.0 Å². The number of amides is 1. The second-order valence-corrected chi connectivity index (χ2v) is 4.23. The molecule has 5 nitrogen and oxygen atoms in total. The van der Waals surface area contributed by atoms with Gasteiger partial charge in [-0.05, 0) is 32.9 Å². The van der Waals surface area contributed by atoms with E-state index in [2.05, 4.69) is 15.5 Å². The van der Waals surface area contributed by atoms with Crippen molar-refractivity contribution in [2.24, 2.45) is 0 Å². The lowest BCUT2D eigenvalue weighted by atomic mass is 10.1. The van der Waals surface area contributed by atoms with Crippen LogP contribution in [-0.4, -0.2) is 21.2 Å². The molecule has 0 aliphatic heterocycles. The molecule has 0 atom stereocenters. The van der Waals surface area contributed by atoms with Gasteiger partial charge in [0.2, 0.25) is 0 Å². The van der Waals surface area contributed by atoms with Gasteiger partial charge in [-0.25, -0.2) is 0 Å². The summed E-state index contributed by atoms with van der Waals surface area (Å²) < 4.78 is 0. The van der Waals surface area contributed by atoms with Crippen LogP contribution >= 0.6 is 0 Å². The number of phenolic OH excluding ortho intramolecular Hbond substituents is 1. The molecule has 1 aromatic carbocycles. The molecule has 3 N–H and O–H groups in total. The molecule has 2 aromatic rings. The van der Waals surface area contributed by atoms with Crippen LogP contribution in [0.4, 0.5) is 5.82 Å². The molecule has 0 unspecified atom stereocenters. The van der Waals surface area contributed by atoms with Crippen molar-refractivity contribution in [3.05, 3.63) is 40.6 Å². The van der Waals surface area contributed by atoms with Gasteiger partial charge in [-0.1, -0.05) is 6.07 Å². The van der Waals surface area contributed by atoms with Gasteiger partial charge in [-0.3, -0.25) is 9.89 Å². The molecule has 0 bridgehead atoms. The molecule has 18 heavy (non-hydrogen) atoms. The first-order valence-electron chi connectivity index (χ1n) is 5.62. The minimum absolute atomic E-state index is 0.109. The number of rotatable bonds is 2. The van der Waals surface area contributed by atoms with Crippen LogP contribution in [-0.2, 0) is 0 Å². The van der Waals surface area contributed by atoms with Crippen LogP contribution in [0.1, 0.15) is 27.2 Å². The molecule has 5 heteroatoms. The van der Waals surface area contributed by atoms with Crippen molar-refractivity contribution >= 4 is 11.7 Å². The third-order valence-electron chi connectivity index (χ3n) is 3.03. The van der Waals surface area contributed by atoms with Crippen LogP contribution in [0.25, 0.3) is 0 Å². The van der Waals surface area contributed by atoms with E-state index >= 15 is 0 Å². The van der Waals surface area contributed by atoms with E-state index in [1.165, 1.54) is 0 Å². The Kier molecular flexibility index (Phi) is 3.06. The number of aryl methyl sites for hydroxylation is 1. The third-order valence-corrected chi connectivity index (χ3v) is 3.03. The van der Waals surface area contributed by atoms with E-state index in [1.807, 2.05) is 13.8 Å². The quantitative estimate of drug-likeness (QED) is 0.759. The van der Waals surface area contributed by atoms with Crippen LogP contribution in [0.2, 0.25) is 0 Å². The first-order valence-corrected chi connectivity index (χ1v) is 5.62. The minimum Gasteiger partial charge on any atom is -0.508 e. The average Bonchev–Trinajstić information content (AvgIpc) is 2.64. The predicted molar refractivity (Wildman–Crippen MR) is 68.9 cm³/mol.